The summed E-state index contributed by atoms with van der Waals surface area (Å²) in [6.45, 7) is 1.63. The highest BCUT2D eigenvalue weighted by molar-refractivity contribution is 9.10. The quantitative estimate of drug-likeness (QED) is 0.855. The van der Waals surface area contributed by atoms with Gasteiger partial charge in [0.05, 0.1) is 12.6 Å². The third-order valence-corrected chi connectivity index (χ3v) is 2.87. The van der Waals surface area contributed by atoms with Crippen molar-refractivity contribution in [2.75, 3.05) is 6.61 Å². The number of halogens is 4. The second-order valence-electron chi connectivity index (χ2n) is 3.35. The van der Waals surface area contributed by atoms with E-state index in [-0.39, 0.29) is 24.6 Å². The van der Waals surface area contributed by atoms with Gasteiger partial charge < -0.3 is 10.5 Å². The molecule has 0 fully saturated rings. The molecule has 0 aliphatic heterocycles. The highest BCUT2D eigenvalue weighted by atomic mass is 79.9. The van der Waals surface area contributed by atoms with Gasteiger partial charge in [0.25, 0.3) is 0 Å². The molecule has 0 bridgehead atoms. The van der Waals surface area contributed by atoms with Gasteiger partial charge in [-0.2, -0.15) is 0 Å². The number of carbonyl (C=O) groups excluding carboxylic acids is 1. The third-order valence-electron chi connectivity index (χ3n) is 2.14. The summed E-state index contributed by atoms with van der Waals surface area (Å²) in [4.78, 5) is 11.2. The highest BCUT2D eigenvalue weighted by Gasteiger charge is 2.29. The minimum Gasteiger partial charge on any atom is -0.464 e. The molecule has 102 valence electrons. The Balaban J connectivity index is 0.00000289. The molecule has 1 rings (SSSR count). The van der Waals surface area contributed by atoms with Crippen LogP contribution in [0, 0.1) is 5.82 Å². The zero-order chi connectivity index (χ0) is 13.0. The Bertz CT molecular complexity index is 420. The Kier molecular flexibility index (Phi) is 7.35. The highest BCUT2D eigenvalue weighted by Crippen LogP contribution is 2.26. The van der Waals surface area contributed by atoms with Crippen molar-refractivity contribution >= 4 is 34.3 Å². The number of rotatable bonds is 4. The van der Waals surface area contributed by atoms with E-state index in [1.807, 2.05) is 0 Å². The lowest BCUT2D eigenvalue weighted by molar-refractivity contribution is -0.149. The molecule has 0 aromatic heterocycles. The summed E-state index contributed by atoms with van der Waals surface area (Å²) in [7, 11) is 0. The van der Waals surface area contributed by atoms with E-state index in [0.29, 0.717) is 4.47 Å². The van der Waals surface area contributed by atoms with Gasteiger partial charge >= 0.3 is 5.97 Å². The number of nitrogens with two attached hydrogens (primary N) is 1. The molecule has 1 aromatic rings. The van der Waals surface area contributed by atoms with Crippen molar-refractivity contribution in [2.45, 2.75) is 19.1 Å². The number of esters is 1. The van der Waals surface area contributed by atoms with Crippen molar-refractivity contribution in [3.8, 4) is 0 Å². The molecule has 0 aliphatic rings. The van der Waals surface area contributed by atoms with E-state index in [9.17, 15) is 13.6 Å². The van der Waals surface area contributed by atoms with Crippen LogP contribution in [0.5, 0.6) is 0 Å². The second-order valence-corrected chi connectivity index (χ2v) is 4.20. The zero-order valence-electron chi connectivity index (χ0n) is 9.53. The van der Waals surface area contributed by atoms with Crippen LogP contribution in [0.25, 0.3) is 0 Å². The fourth-order valence-corrected chi connectivity index (χ4v) is 1.81. The first-order valence-electron chi connectivity index (χ1n) is 4.98. The standard InChI is InChI=1S/C11H12BrF2NO2.ClH/c1-2-17-11(16)9(14)10(15)7-5-6(13)3-4-8(7)12;/h3-5,9-10H,2,15H2,1H3;1H/t9?,10-;/m0./s1. The molecule has 1 unspecified atom stereocenters. The molecule has 0 spiro atoms. The predicted octanol–water partition coefficient (Wildman–Crippen LogP) is 2.91. The molecule has 0 heterocycles. The van der Waals surface area contributed by atoms with E-state index in [0.717, 1.165) is 6.07 Å². The molecule has 2 N–H and O–H groups in total. The normalized spacial score (nSPS) is 13.4. The molecule has 0 saturated heterocycles. The van der Waals surface area contributed by atoms with Crippen molar-refractivity contribution < 1.29 is 18.3 Å². The Labute approximate surface area is 118 Å². The first kappa shape index (κ1) is 17.3. The van der Waals surface area contributed by atoms with E-state index < -0.39 is 24.0 Å². The predicted molar refractivity (Wildman–Crippen MR) is 69.8 cm³/mol. The molecule has 0 amide bonds. The van der Waals surface area contributed by atoms with Gasteiger partial charge in [0.2, 0.25) is 6.17 Å². The first-order valence-corrected chi connectivity index (χ1v) is 5.78. The maximum atomic E-state index is 13.6. The summed E-state index contributed by atoms with van der Waals surface area (Å²) in [5.74, 6) is -1.59. The van der Waals surface area contributed by atoms with Crippen LogP contribution in [0.2, 0.25) is 0 Å². The van der Waals surface area contributed by atoms with Gasteiger partial charge in [-0.15, -0.1) is 12.4 Å². The Morgan fingerprint density at radius 2 is 2.17 bits per heavy atom. The molecule has 1 aromatic carbocycles. The number of hydrogen-bond acceptors (Lipinski definition) is 3. The maximum Gasteiger partial charge on any atom is 0.342 e. The molecule has 0 saturated carbocycles. The van der Waals surface area contributed by atoms with Crippen molar-refractivity contribution in [2.24, 2.45) is 5.73 Å². The molecule has 2 atom stereocenters. The average Bonchev–Trinajstić information content (AvgIpc) is 2.30. The third kappa shape index (κ3) is 4.19. The maximum absolute atomic E-state index is 13.6. The van der Waals surface area contributed by atoms with Crippen molar-refractivity contribution in [1.82, 2.24) is 0 Å². The van der Waals surface area contributed by atoms with E-state index in [1.54, 1.807) is 6.92 Å². The smallest absolute Gasteiger partial charge is 0.342 e. The number of carbonyl (C=O) groups is 1. The lowest BCUT2D eigenvalue weighted by Crippen LogP contribution is -2.31. The van der Waals surface area contributed by atoms with Gasteiger partial charge in [-0.3, -0.25) is 0 Å². The summed E-state index contributed by atoms with van der Waals surface area (Å²) in [6, 6.07) is 2.43. The van der Waals surface area contributed by atoms with Crippen LogP contribution >= 0.6 is 28.3 Å². The fourth-order valence-electron chi connectivity index (χ4n) is 1.30. The number of benzene rings is 1. The molecular formula is C11H13BrClF2NO2. The minimum absolute atomic E-state index is 0. The van der Waals surface area contributed by atoms with Crippen LogP contribution in [0.15, 0.2) is 22.7 Å². The van der Waals surface area contributed by atoms with Gasteiger partial charge in [0.15, 0.2) is 0 Å². The Morgan fingerprint density at radius 1 is 1.56 bits per heavy atom. The minimum atomic E-state index is -2.02. The lowest BCUT2D eigenvalue weighted by atomic mass is 10.0. The SMILES string of the molecule is CCOC(=O)C(F)[C@@H](N)c1cc(F)ccc1Br.Cl. The molecule has 0 aliphatic carbocycles. The van der Waals surface area contributed by atoms with Gasteiger partial charge in [-0.05, 0) is 30.7 Å². The Morgan fingerprint density at radius 3 is 2.72 bits per heavy atom. The summed E-state index contributed by atoms with van der Waals surface area (Å²) in [6.07, 6.45) is -2.02. The lowest BCUT2D eigenvalue weighted by Gasteiger charge is -2.17. The number of alkyl halides is 1. The van der Waals surface area contributed by atoms with Gasteiger partial charge in [0, 0.05) is 4.47 Å². The number of ether oxygens (including phenoxy) is 1. The second kappa shape index (κ2) is 7.66. The van der Waals surface area contributed by atoms with E-state index in [2.05, 4.69) is 20.7 Å². The largest absolute Gasteiger partial charge is 0.464 e. The monoisotopic (exact) mass is 343 g/mol. The summed E-state index contributed by atoms with van der Waals surface area (Å²) >= 11 is 3.12. The van der Waals surface area contributed by atoms with Crippen LogP contribution in [-0.2, 0) is 9.53 Å². The summed E-state index contributed by atoms with van der Waals surface area (Å²) < 4.78 is 31.6. The number of hydrogen-bond donors (Lipinski definition) is 1. The van der Waals surface area contributed by atoms with Gasteiger partial charge in [-0.1, -0.05) is 15.9 Å². The van der Waals surface area contributed by atoms with Crippen LogP contribution in [0.4, 0.5) is 8.78 Å². The molecule has 7 heteroatoms. The molecule has 18 heavy (non-hydrogen) atoms. The summed E-state index contributed by atoms with van der Waals surface area (Å²) in [5, 5.41) is 0. The van der Waals surface area contributed by atoms with Crippen LogP contribution in [0.3, 0.4) is 0 Å². The van der Waals surface area contributed by atoms with Crippen LogP contribution < -0.4 is 5.73 Å². The van der Waals surface area contributed by atoms with Gasteiger partial charge in [-0.25, -0.2) is 13.6 Å². The first-order chi connectivity index (χ1) is 7.97. The van der Waals surface area contributed by atoms with Crippen molar-refractivity contribution in [3.05, 3.63) is 34.1 Å². The molecular weight excluding hydrogens is 331 g/mol. The van der Waals surface area contributed by atoms with Gasteiger partial charge in [0.1, 0.15) is 5.82 Å². The fraction of sp³-hybridized carbons (Fsp3) is 0.364. The van der Waals surface area contributed by atoms with E-state index in [1.165, 1.54) is 12.1 Å². The average molecular weight is 345 g/mol. The zero-order valence-corrected chi connectivity index (χ0v) is 11.9. The van der Waals surface area contributed by atoms with E-state index >= 15 is 0 Å². The molecule has 0 radical (unpaired) electrons. The van der Waals surface area contributed by atoms with E-state index in [4.69, 9.17) is 5.73 Å². The summed E-state index contributed by atoms with van der Waals surface area (Å²) in [5.41, 5.74) is 5.75. The molecule has 3 nitrogen and oxygen atoms in total. The van der Waals surface area contributed by atoms with Crippen molar-refractivity contribution in [1.29, 1.82) is 0 Å². The topological polar surface area (TPSA) is 52.3 Å². The van der Waals surface area contributed by atoms with Crippen molar-refractivity contribution in [3.63, 3.8) is 0 Å². The Hall–Kier alpha value is -0.720. The van der Waals surface area contributed by atoms with Crippen LogP contribution in [0.1, 0.15) is 18.5 Å². The van der Waals surface area contributed by atoms with Crippen LogP contribution in [-0.4, -0.2) is 18.7 Å².